The van der Waals surface area contributed by atoms with Crippen LogP contribution in [0, 0.1) is 6.92 Å². The fourth-order valence-electron chi connectivity index (χ4n) is 4.28. The Morgan fingerprint density at radius 3 is 2.18 bits per heavy atom. The Hall–Kier alpha value is -4.66. The van der Waals surface area contributed by atoms with Crippen molar-refractivity contribution in [2.45, 2.75) is 25.4 Å². The van der Waals surface area contributed by atoms with Gasteiger partial charge in [0.15, 0.2) is 0 Å². The molecule has 3 aromatic carbocycles. The maximum atomic E-state index is 13.2. The van der Waals surface area contributed by atoms with Crippen molar-refractivity contribution >= 4 is 11.9 Å². The van der Waals surface area contributed by atoms with Crippen molar-refractivity contribution in [3.8, 4) is 16.9 Å². The van der Waals surface area contributed by atoms with Crippen LogP contribution in [-0.2, 0) is 6.18 Å². The highest BCUT2D eigenvalue weighted by molar-refractivity contribution is 6.01. The Labute approximate surface area is 216 Å². The standard InChI is InChI=1S/C29H23F3N2O4/c1-18-4-2-3-5-24(18)25(17-26(34-37)22-14-15-33-27(16-22)29(30,31)32)21-8-6-19(7-9-21)20-10-12-23(13-11-20)38-28(35)36/h2-16,25,37H,17H2,1H3,(H,35,36)/b34-26+/t25-/m1/s1. The van der Waals surface area contributed by atoms with Crippen LogP contribution < -0.4 is 4.74 Å². The highest BCUT2D eigenvalue weighted by atomic mass is 19.4. The van der Waals surface area contributed by atoms with Gasteiger partial charge in [0.05, 0.1) is 5.71 Å². The molecule has 0 aliphatic heterocycles. The van der Waals surface area contributed by atoms with Crippen molar-refractivity contribution in [3.63, 3.8) is 0 Å². The SMILES string of the molecule is Cc1ccccc1[C@H](C/C(=N\O)c1ccnc(C(F)(F)F)c1)c1ccc(-c2ccc(OC(=O)O)cc2)cc1. The van der Waals surface area contributed by atoms with E-state index in [0.717, 1.165) is 40.1 Å². The number of hydrogen-bond acceptors (Lipinski definition) is 5. The van der Waals surface area contributed by atoms with Crippen molar-refractivity contribution in [3.05, 3.63) is 119 Å². The predicted octanol–water partition coefficient (Wildman–Crippen LogP) is 7.53. The summed E-state index contributed by atoms with van der Waals surface area (Å²) in [4.78, 5) is 14.1. The second kappa shape index (κ2) is 11.2. The van der Waals surface area contributed by atoms with E-state index in [0.29, 0.717) is 0 Å². The largest absolute Gasteiger partial charge is 0.511 e. The number of hydrogen-bond donors (Lipinski definition) is 2. The monoisotopic (exact) mass is 520 g/mol. The lowest BCUT2D eigenvalue weighted by Crippen LogP contribution is -2.14. The van der Waals surface area contributed by atoms with Crippen LogP contribution in [0.1, 0.15) is 40.3 Å². The van der Waals surface area contributed by atoms with Crippen molar-refractivity contribution in [1.82, 2.24) is 4.98 Å². The molecule has 2 N–H and O–H groups in total. The first-order valence-electron chi connectivity index (χ1n) is 11.6. The van der Waals surface area contributed by atoms with E-state index in [2.05, 4.69) is 14.9 Å². The third kappa shape index (κ3) is 6.18. The van der Waals surface area contributed by atoms with Gasteiger partial charge >= 0.3 is 12.3 Å². The third-order valence-electron chi connectivity index (χ3n) is 6.17. The summed E-state index contributed by atoms with van der Waals surface area (Å²) in [6.45, 7) is 1.95. The summed E-state index contributed by atoms with van der Waals surface area (Å²) in [5.41, 5.74) is 3.70. The second-order valence-electron chi connectivity index (χ2n) is 8.60. The van der Waals surface area contributed by atoms with E-state index in [-0.39, 0.29) is 29.4 Å². The number of oxime groups is 1. The normalized spacial score (nSPS) is 12.7. The molecule has 4 aromatic rings. The van der Waals surface area contributed by atoms with E-state index in [1.807, 2.05) is 55.5 Å². The molecule has 38 heavy (non-hydrogen) atoms. The molecule has 9 heteroatoms. The fourth-order valence-corrected chi connectivity index (χ4v) is 4.28. The average molecular weight is 521 g/mol. The molecule has 0 aliphatic carbocycles. The number of nitrogens with zero attached hydrogens (tertiary/aromatic N) is 2. The molecule has 0 bridgehead atoms. The number of carboxylic acid groups (broad SMARTS) is 1. The minimum atomic E-state index is -4.63. The van der Waals surface area contributed by atoms with Crippen LogP contribution in [0.2, 0.25) is 0 Å². The molecule has 0 aliphatic rings. The van der Waals surface area contributed by atoms with E-state index in [1.54, 1.807) is 24.3 Å². The van der Waals surface area contributed by atoms with Crippen molar-refractivity contribution < 1.29 is 33.0 Å². The smallest absolute Gasteiger partial charge is 0.449 e. The van der Waals surface area contributed by atoms with Gasteiger partial charge in [0, 0.05) is 24.1 Å². The molecule has 6 nitrogen and oxygen atoms in total. The molecular weight excluding hydrogens is 497 g/mol. The summed E-state index contributed by atoms with van der Waals surface area (Å²) < 4.78 is 44.4. The lowest BCUT2D eigenvalue weighted by molar-refractivity contribution is -0.141. The molecule has 1 aromatic heterocycles. The zero-order valence-electron chi connectivity index (χ0n) is 20.2. The van der Waals surface area contributed by atoms with E-state index >= 15 is 0 Å². The molecule has 0 saturated heterocycles. The van der Waals surface area contributed by atoms with Gasteiger partial charge in [-0.1, -0.05) is 65.8 Å². The van der Waals surface area contributed by atoms with E-state index in [9.17, 15) is 23.2 Å². The molecule has 0 fully saturated rings. The Bertz CT molecular complexity index is 1450. The van der Waals surface area contributed by atoms with Crippen molar-refractivity contribution in [2.24, 2.45) is 5.16 Å². The molecular formula is C29H23F3N2O4. The zero-order chi connectivity index (χ0) is 27.3. The number of aromatic nitrogens is 1. The lowest BCUT2D eigenvalue weighted by atomic mass is 9.83. The summed E-state index contributed by atoms with van der Waals surface area (Å²) >= 11 is 0. The summed E-state index contributed by atoms with van der Waals surface area (Å²) in [6, 6.07) is 24.2. The first-order valence-corrected chi connectivity index (χ1v) is 11.6. The van der Waals surface area contributed by atoms with Gasteiger partial charge in [-0.25, -0.2) is 4.79 Å². The predicted molar refractivity (Wildman–Crippen MR) is 136 cm³/mol. The van der Waals surface area contributed by atoms with Gasteiger partial charge in [0.25, 0.3) is 0 Å². The molecule has 0 saturated carbocycles. The van der Waals surface area contributed by atoms with Gasteiger partial charge in [0.1, 0.15) is 11.4 Å². The Morgan fingerprint density at radius 1 is 0.974 bits per heavy atom. The maximum absolute atomic E-state index is 13.2. The quantitative estimate of drug-likeness (QED) is 0.0864. The first kappa shape index (κ1) is 26.4. The summed E-state index contributed by atoms with van der Waals surface area (Å²) in [6.07, 6.45) is -4.83. The maximum Gasteiger partial charge on any atom is 0.511 e. The molecule has 194 valence electrons. The van der Waals surface area contributed by atoms with Crippen LogP contribution in [0.5, 0.6) is 5.75 Å². The minimum Gasteiger partial charge on any atom is -0.449 e. The van der Waals surface area contributed by atoms with Crippen molar-refractivity contribution in [1.29, 1.82) is 0 Å². The van der Waals surface area contributed by atoms with Gasteiger partial charge in [-0.2, -0.15) is 13.2 Å². The van der Waals surface area contributed by atoms with Crippen LogP contribution in [0.25, 0.3) is 11.1 Å². The number of ether oxygens (including phenoxy) is 1. The van der Waals surface area contributed by atoms with E-state index in [1.165, 1.54) is 6.07 Å². The van der Waals surface area contributed by atoms with Crippen molar-refractivity contribution in [2.75, 3.05) is 0 Å². The number of halogens is 3. The Kier molecular flexibility index (Phi) is 7.76. The second-order valence-corrected chi connectivity index (χ2v) is 8.60. The number of benzene rings is 3. The van der Waals surface area contributed by atoms with Gasteiger partial charge in [0.2, 0.25) is 0 Å². The van der Waals surface area contributed by atoms with Crippen LogP contribution in [0.4, 0.5) is 18.0 Å². The van der Waals surface area contributed by atoms with Crippen LogP contribution in [0.3, 0.4) is 0 Å². The van der Waals surface area contributed by atoms with Crippen LogP contribution >= 0.6 is 0 Å². The van der Waals surface area contributed by atoms with Gasteiger partial charge < -0.3 is 15.1 Å². The summed E-state index contributed by atoms with van der Waals surface area (Å²) in [5.74, 6) is -0.108. The molecule has 1 heterocycles. The zero-order valence-corrected chi connectivity index (χ0v) is 20.2. The van der Waals surface area contributed by atoms with Gasteiger partial charge in [-0.05, 0) is 59.0 Å². The molecule has 0 unspecified atom stereocenters. The molecule has 1 atom stereocenters. The third-order valence-corrected chi connectivity index (χ3v) is 6.17. The fraction of sp³-hybridized carbons (Fsp3) is 0.138. The van der Waals surface area contributed by atoms with Gasteiger partial charge in [-0.3, -0.25) is 4.98 Å². The van der Waals surface area contributed by atoms with E-state index in [4.69, 9.17) is 5.11 Å². The summed E-state index contributed by atoms with van der Waals surface area (Å²) in [7, 11) is 0. The Morgan fingerprint density at radius 2 is 1.61 bits per heavy atom. The van der Waals surface area contributed by atoms with Crippen LogP contribution in [0.15, 0.2) is 96.3 Å². The molecule has 4 rings (SSSR count). The molecule has 0 spiro atoms. The highest BCUT2D eigenvalue weighted by Crippen LogP contribution is 2.34. The average Bonchev–Trinajstić information content (AvgIpc) is 2.90. The number of rotatable bonds is 7. The number of alkyl halides is 3. The number of carbonyl (C=O) groups is 1. The minimum absolute atomic E-state index is 0.101. The first-order chi connectivity index (χ1) is 18.2. The highest BCUT2D eigenvalue weighted by Gasteiger charge is 2.33. The topological polar surface area (TPSA) is 92.0 Å². The Balaban J connectivity index is 1.67. The number of pyridine rings is 1. The van der Waals surface area contributed by atoms with Crippen LogP contribution in [-0.4, -0.2) is 27.2 Å². The molecule has 0 radical (unpaired) electrons. The lowest BCUT2D eigenvalue weighted by Gasteiger charge is -2.21. The summed E-state index contributed by atoms with van der Waals surface area (Å²) in [5, 5.41) is 21.9. The van der Waals surface area contributed by atoms with Gasteiger partial charge in [-0.15, -0.1) is 0 Å². The number of aryl methyl sites for hydroxylation is 1. The molecule has 0 amide bonds. The van der Waals surface area contributed by atoms with E-state index < -0.39 is 18.0 Å².